The fourth-order valence-electron chi connectivity index (χ4n) is 3.40. The molecule has 0 aliphatic rings. The standard InChI is InChI=1S/C26H31FN2O2/c1-3-4-8-15-31-19(2)9-6-5-7-10-20-11-13-23-24(16-20)28-18-25(29-23)21-12-14-26(30)22(27)17-21/h7,10-14,16-19,30H,3-6,8-9,15H2,1-2H3/b10-7+. The topological polar surface area (TPSA) is 55.2 Å². The van der Waals surface area contributed by atoms with Gasteiger partial charge in [-0.05, 0) is 68.5 Å². The van der Waals surface area contributed by atoms with Crippen molar-refractivity contribution in [1.29, 1.82) is 0 Å². The number of unbranched alkanes of at least 4 members (excludes halogenated alkanes) is 3. The Labute approximate surface area is 183 Å². The molecule has 0 spiro atoms. The van der Waals surface area contributed by atoms with E-state index in [4.69, 9.17) is 4.74 Å². The zero-order chi connectivity index (χ0) is 22.1. The zero-order valence-electron chi connectivity index (χ0n) is 18.4. The van der Waals surface area contributed by atoms with Crippen molar-refractivity contribution < 1.29 is 14.2 Å². The maximum atomic E-state index is 13.6. The van der Waals surface area contributed by atoms with Gasteiger partial charge in [-0.2, -0.15) is 0 Å². The number of halogens is 1. The predicted molar refractivity (Wildman–Crippen MR) is 124 cm³/mol. The van der Waals surface area contributed by atoms with Gasteiger partial charge < -0.3 is 9.84 Å². The number of aromatic hydroxyl groups is 1. The summed E-state index contributed by atoms with van der Waals surface area (Å²) in [6, 6.07) is 10.1. The average Bonchev–Trinajstić information content (AvgIpc) is 2.78. The zero-order valence-corrected chi connectivity index (χ0v) is 18.4. The van der Waals surface area contributed by atoms with Crippen LogP contribution in [0.1, 0.15) is 57.9 Å². The molecule has 0 bridgehead atoms. The van der Waals surface area contributed by atoms with E-state index in [0.717, 1.165) is 48.9 Å². The highest BCUT2D eigenvalue weighted by Gasteiger charge is 2.07. The fraction of sp³-hybridized carbons (Fsp3) is 0.385. The van der Waals surface area contributed by atoms with E-state index in [1.54, 1.807) is 12.3 Å². The van der Waals surface area contributed by atoms with Crippen LogP contribution in [0.15, 0.2) is 48.7 Å². The number of rotatable bonds is 11. The lowest BCUT2D eigenvalue weighted by Gasteiger charge is -2.12. The molecule has 3 rings (SSSR count). The Morgan fingerprint density at radius 3 is 2.77 bits per heavy atom. The first kappa shape index (κ1) is 22.9. The van der Waals surface area contributed by atoms with Crippen LogP contribution in [0.4, 0.5) is 4.39 Å². The highest BCUT2D eigenvalue weighted by Crippen LogP contribution is 2.24. The maximum absolute atomic E-state index is 13.6. The summed E-state index contributed by atoms with van der Waals surface area (Å²) in [5.41, 5.74) is 3.77. The summed E-state index contributed by atoms with van der Waals surface area (Å²) in [7, 11) is 0. The van der Waals surface area contributed by atoms with Gasteiger partial charge in [0.1, 0.15) is 0 Å². The van der Waals surface area contributed by atoms with Crippen molar-refractivity contribution >= 4 is 17.1 Å². The van der Waals surface area contributed by atoms with E-state index in [0.29, 0.717) is 17.4 Å². The minimum Gasteiger partial charge on any atom is -0.505 e. The molecule has 0 amide bonds. The van der Waals surface area contributed by atoms with Crippen LogP contribution < -0.4 is 0 Å². The molecule has 2 aromatic carbocycles. The second kappa shape index (κ2) is 11.6. The normalized spacial score (nSPS) is 12.6. The van der Waals surface area contributed by atoms with E-state index in [1.165, 1.54) is 25.0 Å². The average molecular weight is 423 g/mol. The van der Waals surface area contributed by atoms with E-state index in [1.807, 2.05) is 18.2 Å². The van der Waals surface area contributed by atoms with Crippen LogP contribution in [0.3, 0.4) is 0 Å². The Hall–Kier alpha value is -2.79. The Morgan fingerprint density at radius 2 is 1.97 bits per heavy atom. The quantitative estimate of drug-likeness (QED) is 0.341. The van der Waals surface area contributed by atoms with Crippen LogP contribution in [0.25, 0.3) is 28.4 Å². The van der Waals surface area contributed by atoms with E-state index in [2.05, 4.69) is 36.0 Å². The molecule has 1 heterocycles. The summed E-state index contributed by atoms with van der Waals surface area (Å²) in [4.78, 5) is 9.06. The van der Waals surface area contributed by atoms with E-state index in [9.17, 15) is 9.50 Å². The van der Waals surface area contributed by atoms with Crippen molar-refractivity contribution in [2.75, 3.05) is 6.61 Å². The lowest BCUT2D eigenvalue weighted by Crippen LogP contribution is -2.08. The Morgan fingerprint density at radius 1 is 1.10 bits per heavy atom. The smallest absolute Gasteiger partial charge is 0.165 e. The van der Waals surface area contributed by atoms with Crippen LogP contribution in [-0.2, 0) is 4.74 Å². The van der Waals surface area contributed by atoms with Crippen molar-refractivity contribution in [2.24, 2.45) is 0 Å². The van der Waals surface area contributed by atoms with Crippen molar-refractivity contribution in [3.05, 3.63) is 60.1 Å². The molecule has 164 valence electrons. The fourth-order valence-corrected chi connectivity index (χ4v) is 3.40. The number of phenolic OH excluding ortho intramolecular Hbond substituents is 1. The van der Waals surface area contributed by atoms with Gasteiger partial charge in [0.25, 0.3) is 0 Å². The molecule has 1 atom stereocenters. The molecular formula is C26H31FN2O2. The first-order chi connectivity index (χ1) is 15.1. The van der Waals surface area contributed by atoms with E-state index >= 15 is 0 Å². The first-order valence-electron chi connectivity index (χ1n) is 11.1. The first-order valence-corrected chi connectivity index (χ1v) is 11.1. The molecule has 1 N–H and O–H groups in total. The number of hydrogen-bond acceptors (Lipinski definition) is 4. The third-order valence-corrected chi connectivity index (χ3v) is 5.25. The van der Waals surface area contributed by atoms with E-state index < -0.39 is 5.82 Å². The SMILES string of the molecule is CCCCCOC(C)CCC/C=C/c1ccc2nc(-c3ccc(O)c(F)c3)cnc2c1. The molecule has 4 nitrogen and oxygen atoms in total. The molecule has 1 aromatic heterocycles. The second-order valence-corrected chi connectivity index (χ2v) is 7.89. The monoisotopic (exact) mass is 422 g/mol. The van der Waals surface area contributed by atoms with Gasteiger partial charge in [0.05, 0.1) is 29.0 Å². The van der Waals surface area contributed by atoms with Gasteiger partial charge in [0.2, 0.25) is 0 Å². The third kappa shape index (κ3) is 6.86. The molecule has 0 aliphatic heterocycles. The molecule has 0 fully saturated rings. The minimum atomic E-state index is -0.669. The van der Waals surface area contributed by atoms with Gasteiger partial charge in [-0.25, -0.2) is 9.37 Å². The number of fused-ring (bicyclic) bond motifs is 1. The second-order valence-electron chi connectivity index (χ2n) is 7.89. The van der Waals surface area contributed by atoms with Crippen LogP contribution in [-0.4, -0.2) is 27.8 Å². The number of phenols is 1. The summed E-state index contributed by atoms with van der Waals surface area (Å²) in [6.07, 6.45) is 13.0. The minimum absolute atomic E-state index is 0.317. The summed E-state index contributed by atoms with van der Waals surface area (Å²) in [6.45, 7) is 5.22. The van der Waals surface area contributed by atoms with Gasteiger partial charge in [-0.1, -0.05) is 38.0 Å². The summed E-state index contributed by atoms with van der Waals surface area (Å²) in [5, 5.41) is 9.35. The molecule has 1 unspecified atom stereocenters. The van der Waals surface area contributed by atoms with Crippen molar-refractivity contribution in [3.8, 4) is 17.0 Å². The molecule has 0 saturated heterocycles. The molecule has 31 heavy (non-hydrogen) atoms. The summed E-state index contributed by atoms with van der Waals surface area (Å²) >= 11 is 0. The van der Waals surface area contributed by atoms with Crippen LogP contribution in [0, 0.1) is 5.82 Å². The maximum Gasteiger partial charge on any atom is 0.165 e. The molecule has 3 aromatic rings. The summed E-state index contributed by atoms with van der Waals surface area (Å²) < 4.78 is 19.5. The lowest BCUT2D eigenvalue weighted by molar-refractivity contribution is 0.0566. The Bertz CT molecular complexity index is 1020. The largest absolute Gasteiger partial charge is 0.505 e. The Balaban J connectivity index is 1.53. The number of allylic oxidation sites excluding steroid dienone is 1. The van der Waals surface area contributed by atoms with Crippen LogP contribution in [0.5, 0.6) is 5.75 Å². The van der Waals surface area contributed by atoms with Gasteiger partial charge in [0, 0.05) is 12.2 Å². The number of nitrogens with zero attached hydrogens (tertiary/aromatic N) is 2. The van der Waals surface area contributed by atoms with Gasteiger partial charge >= 0.3 is 0 Å². The van der Waals surface area contributed by atoms with E-state index in [-0.39, 0.29) is 5.75 Å². The van der Waals surface area contributed by atoms with Crippen LogP contribution in [0.2, 0.25) is 0 Å². The highest BCUT2D eigenvalue weighted by atomic mass is 19.1. The third-order valence-electron chi connectivity index (χ3n) is 5.25. The van der Waals surface area contributed by atoms with Crippen molar-refractivity contribution in [2.45, 2.75) is 58.5 Å². The molecule has 0 aliphatic carbocycles. The number of ether oxygens (including phenoxy) is 1. The van der Waals surface area contributed by atoms with Crippen molar-refractivity contribution in [3.63, 3.8) is 0 Å². The highest BCUT2D eigenvalue weighted by molar-refractivity contribution is 5.79. The molecule has 0 radical (unpaired) electrons. The molecule has 5 heteroatoms. The van der Waals surface area contributed by atoms with Crippen LogP contribution >= 0.6 is 0 Å². The number of hydrogen-bond donors (Lipinski definition) is 1. The number of aromatic nitrogens is 2. The van der Waals surface area contributed by atoms with Gasteiger partial charge in [-0.3, -0.25) is 4.98 Å². The number of benzene rings is 2. The molecular weight excluding hydrogens is 391 g/mol. The predicted octanol–water partition coefficient (Wildman–Crippen LogP) is 6.92. The summed E-state index contributed by atoms with van der Waals surface area (Å²) in [5.74, 6) is -1.04. The Kier molecular flexibility index (Phi) is 8.53. The van der Waals surface area contributed by atoms with Gasteiger partial charge in [-0.15, -0.1) is 0 Å². The van der Waals surface area contributed by atoms with Gasteiger partial charge in [0.15, 0.2) is 11.6 Å². The lowest BCUT2D eigenvalue weighted by atomic mass is 10.1. The molecule has 0 saturated carbocycles. The van der Waals surface area contributed by atoms with Crippen molar-refractivity contribution in [1.82, 2.24) is 9.97 Å².